The number of para-hydroxylation sites is 1. The van der Waals surface area contributed by atoms with Crippen molar-refractivity contribution in [1.29, 1.82) is 0 Å². The van der Waals surface area contributed by atoms with Crippen LogP contribution in [0.25, 0.3) is 6.08 Å². The van der Waals surface area contributed by atoms with Crippen molar-refractivity contribution in [3.8, 4) is 5.75 Å². The minimum absolute atomic E-state index is 0.195. The van der Waals surface area contributed by atoms with Crippen LogP contribution in [0.5, 0.6) is 5.75 Å². The molecule has 1 saturated heterocycles. The molecule has 1 unspecified atom stereocenters. The summed E-state index contributed by atoms with van der Waals surface area (Å²) in [6.45, 7) is 5.14. The van der Waals surface area contributed by atoms with E-state index in [4.69, 9.17) is 14.2 Å². The number of ketones is 1. The number of nitrogens with zero attached hydrogens (tertiary/aromatic N) is 1. The summed E-state index contributed by atoms with van der Waals surface area (Å²) >= 11 is 0. The number of esters is 1. The van der Waals surface area contributed by atoms with Crippen molar-refractivity contribution in [1.82, 2.24) is 4.57 Å². The van der Waals surface area contributed by atoms with Gasteiger partial charge in [0.2, 0.25) is 5.78 Å². The molecule has 0 amide bonds. The number of methoxy groups -OCH3 is 1. The number of Topliss-reactive ketones (excluding diaryl/α,β-unsaturated/α-hetero) is 1. The van der Waals surface area contributed by atoms with Gasteiger partial charge in [-0.2, -0.15) is 0 Å². The minimum atomic E-state index is -0.572. The van der Waals surface area contributed by atoms with Crippen LogP contribution in [0.4, 0.5) is 0 Å². The molecule has 1 aliphatic rings. The summed E-state index contributed by atoms with van der Waals surface area (Å²) < 4.78 is 18.2. The lowest BCUT2D eigenvalue weighted by atomic mass is 10.1. The highest BCUT2D eigenvalue weighted by Crippen LogP contribution is 2.21. The van der Waals surface area contributed by atoms with Crippen molar-refractivity contribution in [2.75, 3.05) is 20.3 Å². The third-order valence-electron chi connectivity index (χ3n) is 5.17. The molecule has 2 heterocycles. The Morgan fingerprint density at radius 2 is 2.07 bits per heavy atom. The molecule has 0 bridgehead atoms. The zero-order chi connectivity index (χ0) is 20.8. The lowest BCUT2D eigenvalue weighted by Crippen LogP contribution is -2.18. The predicted molar refractivity (Wildman–Crippen MR) is 110 cm³/mol. The maximum absolute atomic E-state index is 12.6. The molecule has 0 aliphatic carbocycles. The van der Waals surface area contributed by atoms with Crippen molar-refractivity contribution in [3.05, 3.63) is 58.9 Å². The van der Waals surface area contributed by atoms with Gasteiger partial charge in [0.15, 0.2) is 6.61 Å². The van der Waals surface area contributed by atoms with Gasteiger partial charge in [-0.3, -0.25) is 4.79 Å². The molecule has 6 nitrogen and oxygen atoms in total. The first-order chi connectivity index (χ1) is 14.0. The van der Waals surface area contributed by atoms with E-state index in [1.165, 1.54) is 6.08 Å². The van der Waals surface area contributed by atoms with Gasteiger partial charge in [-0.15, -0.1) is 0 Å². The van der Waals surface area contributed by atoms with Crippen LogP contribution in [0, 0.1) is 13.8 Å². The molecule has 3 rings (SSSR count). The Kier molecular flexibility index (Phi) is 6.88. The molecular formula is C23H27NO5. The van der Waals surface area contributed by atoms with Crippen molar-refractivity contribution in [2.45, 2.75) is 39.3 Å². The molecule has 0 radical (unpaired) electrons. The molecule has 1 atom stereocenters. The molecular weight excluding hydrogens is 370 g/mol. The Labute approximate surface area is 171 Å². The summed E-state index contributed by atoms with van der Waals surface area (Å²) in [6, 6.07) is 9.19. The predicted octanol–water partition coefficient (Wildman–Crippen LogP) is 3.73. The molecule has 0 N–H and O–H groups in total. The van der Waals surface area contributed by atoms with Gasteiger partial charge in [0.1, 0.15) is 5.75 Å². The van der Waals surface area contributed by atoms with Crippen LogP contribution >= 0.6 is 0 Å². The average Bonchev–Trinajstić information content (AvgIpc) is 3.34. The summed E-state index contributed by atoms with van der Waals surface area (Å²) in [4.78, 5) is 24.6. The second-order valence-electron chi connectivity index (χ2n) is 7.14. The van der Waals surface area contributed by atoms with E-state index in [1.807, 2.05) is 38.1 Å². The van der Waals surface area contributed by atoms with Gasteiger partial charge in [0, 0.05) is 41.7 Å². The van der Waals surface area contributed by atoms with Crippen molar-refractivity contribution < 1.29 is 23.8 Å². The highest BCUT2D eigenvalue weighted by atomic mass is 16.5. The Hall–Kier alpha value is -2.86. The number of hydrogen-bond acceptors (Lipinski definition) is 5. The van der Waals surface area contributed by atoms with Crippen LogP contribution in [0.15, 0.2) is 36.4 Å². The molecule has 29 heavy (non-hydrogen) atoms. The van der Waals surface area contributed by atoms with Crippen molar-refractivity contribution in [3.63, 3.8) is 0 Å². The first-order valence-corrected chi connectivity index (χ1v) is 9.79. The summed E-state index contributed by atoms with van der Waals surface area (Å²) in [5.41, 5.74) is 3.23. The molecule has 1 aromatic carbocycles. The van der Waals surface area contributed by atoms with E-state index in [-0.39, 0.29) is 18.5 Å². The molecule has 0 saturated carbocycles. The first-order valence-electron chi connectivity index (χ1n) is 9.79. The van der Waals surface area contributed by atoms with Crippen LogP contribution < -0.4 is 4.74 Å². The van der Waals surface area contributed by atoms with E-state index in [0.717, 1.165) is 42.9 Å². The minimum Gasteiger partial charge on any atom is -0.496 e. The van der Waals surface area contributed by atoms with Gasteiger partial charge >= 0.3 is 5.97 Å². The second-order valence-corrected chi connectivity index (χ2v) is 7.14. The number of aromatic nitrogens is 1. The van der Waals surface area contributed by atoms with Crippen molar-refractivity contribution >= 4 is 17.8 Å². The highest BCUT2D eigenvalue weighted by molar-refractivity contribution is 6.00. The third-order valence-corrected chi connectivity index (χ3v) is 5.17. The monoisotopic (exact) mass is 397 g/mol. The molecule has 1 aromatic heterocycles. The normalized spacial score (nSPS) is 16.3. The maximum Gasteiger partial charge on any atom is 0.331 e. The number of ether oxygens (including phenoxy) is 3. The summed E-state index contributed by atoms with van der Waals surface area (Å²) in [6.07, 6.45) is 5.22. The van der Waals surface area contributed by atoms with E-state index in [2.05, 4.69) is 4.57 Å². The Morgan fingerprint density at radius 3 is 2.79 bits per heavy atom. The van der Waals surface area contributed by atoms with Crippen LogP contribution in [0.1, 0.15) is 40.2 Å². The van der Waals surface area contributed by atoms with Crippen LogP contribution in [0.3, 0.4) is 0 Å². The third kappa shape index (κ3) is 5.15. The number of carbonyl (C=O) groups excluding carboxylic acids is 2. The molecule has 6 heteroatoms. The van der Waals surface area contributed by atoms with Gasteiger partial charge in [0.25, 0.3) is 0 Å². The van der Waals surface area contributed by atoms with E-state index >= 15 is 0 Å². The van der Waals surface area contributed by atoms with Gasteiger partial charge < -0.3 is 18.8 Å². The van der Waals surface area contributed by atoms with Crippen LogP contribution in [-0.2, 0) is 20.8 Å². The number of rotatable bonds is 8. The van der Waals surface area contributed by atoms with Gasteiger partial charge in [-0.05, 0) is 44.9 Å². The molecule has 1 fully saturated rings. The summed E-state index contributed by atoms with van der Waals surface area (Å²) in [5.74, 6) is -0.126. The fourth-order valence-electron chi connectivity index (χ4n) is 3.58. The van der Waals surface area contributed by atoms with Gasteiger partial charge in [0.05, 0.1) is 13.2 Å². The van der Waals surface area contributed by atoms with E-state index < -0.39 is 5.97 Å². The van der Waals surface area contributed by atoms with Crippen LogP contribution in [-0.4, -0.2) is 42.7 Å². The zero-order valence-electron chi connectivity index (χ0n) is 17.1. The van der Waals surface area contributed by atoms with E-state index in [9.17, 15) is 9.59 Å². The first kappa shape index (κ1) is 20.9. The SMILES string of the molecule is COc1ccccc1C=CC(=O)OCC(=O)c1cc(C)n(CC2CCCO2)c1C. The zero-order valence-corrected chi connectivity index (χ0v) is 17.1. The summed E-state index contributed by atoms with van der Waals surface area (Å²) in [5, 5.41) is 0. The van der Waals surface area contributed by atoms with Crippen molar-refractivity contribution in [2.24, 2.45) is 0 Å². The number of aryl methyl sites for hydroxylation is 1. The Balaban J connectivity index is 1.59. The van der Waals surface area contributed by atoms with Gasteiger partial charge in [-0.25, -0.2) is 4.79 Å². The number of benzene rings is 1. The molecule has 0 spiro atoms. The Morgan fingerprint density at radius 1 is 1.28 bits per heavy atom. The standard InChI is InChI=1S/C23H27NO5/c1-16-13-20(17(2)24(16)14-19-8-6-12-28-19)21(25)15-29-23(26)11-10-18-7-4-5-9-22(18)27-3/h4-5,7,9-11,13,19H,6,8,12,14-15H2,1-3H3. The largest absolute Gasteiger partial charge is 0.496 e. The number of hydrogen-bond donors (Lipinski definition) is 0. The van der Waals surface area contributed by atoms with E-state index in [0.29, 0.717) is 11.3 Å². The highest BCUT2D eigenvalue weighted by Gasteiger charge is 2.21. The average molecular weight is 397 g/mol. The molecule has 1 aliphatic heterocycles. The maximum atomic E-state index is 12.6. The molecule has 2 aromatic rings. The van der Waals surface area contributed by atoms with Gasteiger partial charge in [-0.1, -0.05) is 18.2 Å². The smallest absolute Gasteiger partial charge is 0.331 e. The molecule has 154 valence electrons. The number of carbonyl (C=O) groups is 2. The van der Waals surface area contributed by atoms with Crippen LogP contribution in [0.2, 0.25) is 0 Å². The quantitative estimate of drug-likeness (QED) is 0.386. The lowest BCUT2D eigenvalue weighted by Gasteiger charge is -2.14. The lowest BCUT2D eigenvalue weighted by molar-refractivity contribution is -0.136. The topological polar surface area (TPSA) is 66.8 Å². The summed E-state index contributed by atoms with van der Waals surface area (Å²) in [7, 11) is 1.57. The fourth-order valence-corrected chi connectivity index (χ4v) is 3.58. The Bertz CT molecular complexity index is 906. The van der Waals surface area contributed by atoms with E-state index in [1.54, 1.807) is 19.3 Å². The fraction of sp³-hybridized carbons (Fsp3) is 0.391. The second kappa shape index (κ2) is 9.56.